The van der Waals surface area contributed by atoms with Crippen molar-refractivity contribution in [2.45, 2.75) is 52.7 Å². The second kappa shape index (κ2) is 7.90. The zero-order valence-corrected chi connectivity index (χ0v) is 17.5. The Morgan fingerprint density at radius 1 is 1.34 bits per heavy atom. The Labute approximate surface area is 172 Å². The number of ether oxygens (including phenoxy) is 1. The van der Waals surface area contributed by atoms with Gasteiger partial charge in [-0.15, -0.1) is 11.3 Å². The summed E-state index contributed by atoms with van der Waals surface area (Å²) in [5.41, 5.74) is 3.86. The Kier molecular flexibility index (Phi) is 5.31. The minimum Gasteiger partial charge on any atom is -0.453 e. The van der Waals surface area contributed by atoms with Crippen LogP contribution in [0.5, 0.6) is 0 Å². The third kappa shape index (κ3) is 3.87. The molecule has 1 amide bonds. The van der Waals surface area contributed by atoms with Gasteiger partial charge in [-0.2, -0.15) is 10.1 Å². The molecule has 1 unspecified atom stereocenters. The summed E-state index contributed by atoms with van der Waals surface area (Å²) in [5.74, 6) is 0.00527. The maximum atomic E-state index is 12.7. The number of carbonyl (C=O) groups is 2. The van der Waals surface area contributed by atoms with Crippen molar-refractivity contribution in [2.24, 2.45) is 0 Å². The van der Waals surface area contributed by atoms with Gasteiger partial charge in [0.25, 0.3) is 11.7 Å². The lowest BCUT2D eigenvalue weighted by molar-refractivity contribution is -0.159. The quantitative estimate of drug-likeness (QED) is 0.596. The van der Waals surface area contributed by atoms with Crippen molar-refractivity contribution in [2.75, 3.05) is 6.54 Å². The van der Waals surface area contributed by atoms with Gasteiger partial charge in [-0.1, -0.05) is 0 Å². The fraction of sp³-hybridized carbons (Fsp3) is 0.450. The lowest BCUT2D eigenvalue weighted by atomic mass is 10.1. The number of thiophene rings is 1. The summed E-state index contributed by atoms with van der Waals surface area (Å²) in [6.45, 7) is 6.71. The molecule has 0 radical (unpaired) electrons. The van der Waals surface area contributed by atoms with E-state index in [2.05, 4.69) is 26.5 Å². The number of amides is 1. The van der Waals surface area contributed by atoms with Crippen LogP contribution in [-0.2, 0) is 33.7 Å². The topological polar surface area (TPSA) is 89.7 Å². The Hall–Kier alpha value is -2.81. The van der Waals surface area contributed by atoms with Gasteiger partial charge in [-0.25, -0.2) is 9.50 Å². The van der Waals surface area contributed by atoms with Crippen LogP contribution < -0.4 is 0 Å². The highest BCUT2D eigenvalue weighted by Crippen LogP contribution is 2.24. The molecule has 0 aromatic carbocycles. The first-order valence-electron chi connectivity index (χ1n) is 9.63. The van der Waals surface area contributed by atoms with Gasteiger partial charge in [0, 0.05) is 35.8 Å². The molecule has 9 heteroatoms. The van der Waals surface area contributed by atoms with Gasteiger partial charge in [-0.3, -0.25) is 9.59 Å². The van der Waals surface area contributed by atoms with Crippen molar-refractivity contribution in [3.8, 4) is 0 Å². The van der Waals surface area contributed by atoms with E-state index in [0.717, 1.165) is 23.4 Å². The first kappa shape index (κ1) is 19.5. The minimum atomic E-state index is -0.791. The molecular weight excluding hydrogens is 390 g/mol. The lowest BCUT2D eigenvalue weighted by Crippen LogP contribution is -2.42. The molecule has 3 aromatic heterocycles. The van der Waals surface area contributed by atoms with Crippen LogP contribution in [0, 0.1) is 13.8 Å². The third-order valence-corrected chi connectivity index (χ3v) is 6.37. The maximum Gasteiger partial charge on any atom is 0.306 e. The van der Waals surface area contributed by atoms with Gasteiger partial charge in [-0.05, 0) is 56.2 Å². The second-order valence-electron chi connectivity index (χ2n) is 7.24. The average Bonchev–Trinajstić information content (AvgIpc) is 3.35. The van der Waals surface area contributed by atoms with Crippen molar-refractivity contribution < 1.29 is 14.3 Å². The number of fused-ring (bicyclic) bond motifs is 2. The van der Waals surface area contributed by atoms with Crippen molar-refractivity contribution in [1.29, 1.82) is 0 Å². The fourth-order valence-electron chi connectivity index (χ4n) is 3.74. The standard InChI is InChI=1S/C20H23N5O3S/c1-12-16(13(2)25-20(23-12)21-11-22-25)4-5-18(26)28-14(3)19(27)24-8-6-17-15(10-24)7-9-29-17/h7,9,11,14H,4-6,8,10H2,1-3H3. The van der Waals surface area contributed by atoms with Crippen LogP contribution in [0.4, 0.5) is 0 Å². The number of carbonyl (C=O) groups excluding carboxylic acids is 2. The zero-order valence-electron chi connectivity index (χ0n) is 16.7. The Balaban J connectivity index is 1.34. The molecule has 1 atom stereocenters. The molecule has 4 rings (SSSR count). The van der Waals surface area contributed by atoms with Gasteiger partial charge in [0.2, 0.25) is 0 Å². The number of hydrogen-bond donors (Lipinski definition) is 0. The monoisotopic (exact) mass is 413 g/mol. The zero-order chi connectivity index (χ0) is 20.5. The summed E-state index contributed by atoms with van der Waals surface area (Å²) in [4.78, 5) is 36.7. The predicted octanol–water partition coefficient (Wildman–Crippen LogP) is 2.25. The molecule has 1 aliphatic heterocycles. The van der Waals surface area contributed by atoms with E-state index < -0.39 is 12.1 Å². The van der Waals surface area contributed by atoms with Gasteiger partial charge >= 0.3 is 5.97 Å². The molecule has 0 saturated heterocycles. The number of esters is 1. The third-order valence-electron chi connectivity index (χ3n) is 5.34. The highest BCUT2D eigenvalue weighted by Gasteiger charge is 2.27. The number of nitrogens with zero attached hydrogens (tertiary/aromatic N) is 5. The molecule has 0 spiro atoms. The average molecular weight is 414 g/mol. The van der Waals surface area contributed by atoms with Crippen LogP contribution in [0.2, 0.25) is 0 Å². The van der Waals surface area contributed by atoms with E-state index in [1.807, 2.05) is 13.8 Å². The summed E-state index contributed by atoms with van der Waals surface area (Å²) >= 11 is 1.73. The SMILES string of the molecule is Cc1nc2ncnn2c(C)c1CCC(=O)OC(C)C(=O)N1CCc2sccc2C1. The van der Waals surface area contributed by atoms with E-state index in [1.54, 1.807) is 27.7 Å². The highest BCUT2D eigenvalue weighted by molar-refractivity contribution is 7.10. The molecule has 0 fully saturated rings. The van der Waals surface area contributed by atoms with E-state index in [0.29, 0.717) is 25.3 Å². The second-order valence-corrected chi connectivity index (χ2v) is 8.24. The Morgan fingerprint density at radius 3 is 3.00 bits per heavy atom. The fourth-order valence-corrected chi connectivity index (χ4v) is 4.63. The van der Waals surface area contributed by atoms with Crippen molar-refractivity contribution in [3.63, 3.8) is 0 Å². The first-order valence-corrected chi connectivity index (χ1v) is 10.5. The van der Waals surface area contributed by atoms with Crippen molar-refractivity contribution in [3.05, 3.63) is 45.2 Å². The number of aromatic nitrogens is 4. The Morgan fingerprint density at radius 2 is 2.17 bits per heavy atom. The summed E-state index contributed by atoms with van der Waals surface area (Å²) in [6, 6.07) is 2.06. The summed E-state index contributed by atoms with van der Waals surface area (Å²) < 4.78 is 7.09. The van der Waals surface area contributed by atoms with Crippen LogP contribution in [-0.4, -0.2) is 49.0 Å². The van der Waals surface area contributed by atoms with E-state index in [9.17, 15) is 9.59 Å². The van der Waals surface area contributed by atoms with Gasteiger partial charge in [0.1, 0.15) is 6.33 Å². The van der Waals surface area contributed by atoms with Crippen LogP contribution in [0.15, 0.2) is 17.8 Å². The highest BCUT2D eigenvalue weighted by atomic mass is 32.1. The lowest BCUT2D eigenvalue weighted by Gasteiger charge is -2.29. The smallest absolute Gasteiger partial charge is 0.306 e. The summed E-state index contributed by atoms with van der Waals surface area (Å²) in [6.07, 6.45) is 2.17. The van der Waals surface area contributed by atoms with Gasteiger partial charge in [0.15, 0.2) is 6.10 Å². The number of aryl methyl sites for hydroxylation is 2. The van der Waals surface area contributed by atoms with Gasteiger partial charge in [0.05, 0.1) is 0 Å². The van der Waals surface area contributed by atoms with Crippen molar-refractivity contribution >= 4 is 29.0 Å². The molecule has 0 aliphatic carbocycles. The molecule has 0 N–H and O–H groups in total. The van der Waals surface area contributed by atoms with Gasteiger partial charge < -0.3 is 9.64 Å². The van der Waals surface area contributed by atoms with E-state index >= 15 is 0 Å². The first-order chi connectivity index (χ1) is 13.9. The predicted molar refractivity (Wildman–Crippen MR) is 108 cm³/mol. The minimum absolute atomic E-state index is 0.145. The van der Waals surface area contributed by atoms with Crippen LogP contribution >= 0.6 is 11.3 Å². The van der Waals surface area contributed by atoms with E-state index in [1.165, 1.54) is 16.8 Å². The number of hydrogen-bond acceptors (Lipinski definition) is 7. The molecule has 152 valence electrons. The summed E-state index contributed by atoms with van der Waals surface area (Å²) in [5, 5.41) is 6.21. The van der Waals surface area contributed by atoms with E-state index in [-0.39, 0.29) is 12.3 Å². The molecule has 4 heterocycles. The van der Waals surface area contributed by atoms with E-state index in [4.69, 9.17) is 4.74 Å². The van der Waals surface area contributed by atoms with Crippen molar-refractivity contribution in [1.82, 2.24) is 24.5 Å². The molecule has 0 bridgehead atoms. The Bertz CT molecular complexity index is 1070. The normalized spacial score (nSPS) is 14.7. The number of rotatable bonds is 5. The maximum absolute atomic E-state index is 12.7. The largest absolute Gasteiger partial charge is 0.453 e. The van der Waals surface area contributed by atoms with Crippen LogP contribution in [0.1, 0.15) is 40.7 Å². The molecule has 29 heavy (non-hydrogen) atoms. The molecule has 0 saturated carbocycles. The molecule has 1 aliphatic rings. The molecule has 3 aromatic rings. The van der Waals surface area contributed by atoms with Crippen LogP contribution in [0.3, 0.4) is 0 Å². The molecule has 8 nitrogen and oxygen atoms in total. The van der Waals surface area contributed by atoms with Crippen LogP contribution in [0.25, 0.3) is 5.78 Å². The summed E-state index contributed by atoms with van der Waals surface area (Å²) in [7, 11) is 0. The molecular formula is C20H23N5O3S.